The highest BCUT2D eigenvalue weighted by molar-refractivity contribution is 5.95. The molecule has 0 aliphatic carbocycles. The van der Waals surface area contributed by atoms with E-state index < -0.39 is 46.6 Å². The van der Waals surface area contributed by atoms with Crippen molar-refractivity contribution in [3.8, 4) is 57.5 Å². The summed E-state index contributed by atoms with van der Waals surface area (Å²) >= 11 is 0. The SMILES string of the molecule is COC(=O)c1cc(C(C)(C)c2ccc(OC)cc2)ccc1OC(C)=O.COC(=O)c1cc(C(C)(C)c2ccc(OC)cc2)ccc1Oc1ccc(C(C)(C)c2ccc(OC(C)=O)cc2)cc1.COc1ccc(C(C)(C)c2ccc(Oc3ccc(C(C)(C)c4ccc(OC(C)=O)cc4)cc3C(=O)O)c(C(=O)O)c2)cc1. The fraction of sp³-hybridized carbons (Fsp3) is 0.256. The average Bonchev–Trinajstić information content (AvgIpc) is 0.792. The molecule has 0 aliphatic heterocycles. The van der Waals surface area contributed by atoms with Crippen molar-refractivity contribution in [2.24, 2.45) is 0 Å². The number of carbonyl (C=O) groups excluding carboxylic acids is 5. The van der Waals surface area contributed by atoms with E-state index in [0.717, 1.165) is 67.3 Å². The molecule has 0 aliphatic rings. The van der Waals surface area contributed by atoms with E-state index in [2.05, 4.69) is 41.5 Å². The van der Waals surface area contributed by atoms with E-state index in [4.69, 9.17) is 47.4 Å². The summed E-state index contributed by atoms with van der Waals surface area (Å²) in [5.41, 5.74) is 7.60. The van der Waals surface area contributed by atoms with Gasteiger partial charge in [-0.1, -0.05) is 166 Å². The molecule has 19 heteroatoms. The van der Waals surface area contributed by atoms with Crippen LogP contribution < -0.4 is 37.9 Å². The van der Waals surface area contributed by atoms with Crippen LogP contribution in [0.25, 0.3) is 0 Å². The molecular weight excluding hydrogens is 1380 g/mol. The summed E-state index contributed by atoms with van der Waals surface area (Å²) in [7, 11) is 7.51. The lowest BCUT2D eigenvalue weighted by Crippen LogP contribution is -2.20. The van der Waals surface area contributed by atoms with Gasteiger partial charge in [0.15, 0.2) is 0 Å². The Hall–Kier alpha value is -12.5. The molecule has 0 atom stereocenters. The minimum Gasteiger partial charge on any atom is -0.497 e. The van der Waals surface area contributed by atoms with Crippen molar-refractivity contribution < 1.29 is 91.1 Å². The Bertz CT molecular complexity index is 4910. The molecule has 0 saturated heterocycles. The van der Waals surface area contributed by atoms with Crippen molar-refractivity contribution in [3.05, 3.63) is 296 Å². The predicted octanol–water partition coefficient (Wildman–Crippen LogP) is 19.0. The molecule has 0 spiro atoms. The lowest BCUT2D eigenvalue weighted by molar-refractivity contribution is -0.132. The number of ether oxygens (including phenoxy) is 10. The summed E-state index contributed by atoms with van der Waals surface area (Å²) < 4.78 is 53.2. The summed E-state index contributed by atoms with van der Waals surface area (Å²) in [4.78, 5) is 83.3. The molecule has 0 amide bonds. The third-order valence-electron chi connectivity index (χ3n) is 19.5. The summed E-state index contributed by atoms with van der Waals surface area (Å²) in [5, 5.41) is 20.1. The predicted molar refractivity (Wildman–Crippen MR) is 415 cm³/mol. The molecular formula is C90H92O19. The molecule has 0 radical (unpaired) electrons. The Kier molecular flexibility index (Phi) is 26.2. The molecule has 566 valence electrons. The number of carboxylic acids is 2. The molecule has 109 heavy (non-hydrogen) atoms. The lowest BCUT2D eigenvalue weighted by atomic mass is 9.77. The number of hydrogen-bond donors (Lipinski definition) is 2. The summed E-state index contributed by atoms with van der Waals surface area (Å²) in [6, 6.07) is 66.0. The van der Waals surface area contributed by atoms with E-state index >= 15 is 0 Å². The first-order valence-corrected chi connectivity index (χ1v) is 34.9. The van der Waals surface area contributed by atoms with Crippen molar-refractivity contribution >= 4 is 41.8 Å². The van der Waals surface area contributed by atoms with Gasteiger partial charge in [0.2, 0.25) is 0 Å². The first-order chi connectivity index (χ1) is 51.5. The molecule has 2 N–H and O–H groups in total. The Balaban J connectivity index is 0.000000213. The number of benzene rings is 10. The van der Waals surface area contributed by atoms with E-state index in [9.17, 15) is 43.8 Å². The van der Waals surface area contributed by atoms with E-state index in [0.29, 0.717) is 34.1 Å². The number of carbonyl (C=O) groups is 7. The molecule has 10 aromatic rings. The number of aromatic carboxylic acids is 2. The zero-order valence-corrected chi connectivity index (χ0v) is 64.6. The standard InChI is InChI=1S/C35H34O8.C35H36O6.C20H22O5/c1-21(36)42-27-15-9-23(10-16-27)35(4,5)25-12-18-31(29(20-25)33(39)40)43-30-17-11-24(19-28(30)32(37)38)34(2,3)22-7-13-26(41-6)14-8-22;1-23(36)40-29-17-10-24(11-18-29)34(2,3)25-12-19-30(20-13-25)41-32-21-14-27(22-31(32)33(37)39-7)35(4,5)26-8-15-28(38-6)16-9-26;1-13(21)25-18-11-8-15(12-17(18)19(22)24-5)20(2,3)14-6-9-16(23-4)10-7-14/h7-20H,1-6H3,(H,37,38)(H,39,40);8-22H,1-7H3;6-12H,1-5H3. The van der Waals surface area contributed by atoms with Gasteiger partial charge in [-0.05, 0) is 177 Å². The molecule has 0 saturated carbocycles. The van der Waals surface area contributed by atoms with Crippen LogP contribution in [-0.2, 0) is 50.9 Å². The van der Waals surface area contributed by atoms with Gasteiger partial charge in [0, 0.05) is 47.8 Å². The molecule has 19 nitrogen and oxygen atoms in total. The van der Waals surface area contributed by atoms with Gasteiger partial charge in [0.05, 0.1) is 35.5 Å². The highest BCUT2D eigenvalue weighted by atomic mass is 16.6. The van der Waals surface area contributed by atoms with Crippen molar-refractivity contribution in [1.29, 1.82) is 0 Å². The summed E-state index contributed by atoms with van der Waals surface area (Å²) in [6.07, 6.45) is 0. The summed E-state index contributed by atoms with van der Waals surface area (Å²) in [6.45, 7) is 24.4. The maximum Gasteiger partial charge on any atom is 0.341 e. The fourth-order valence-electron chi connectivity index (χ4n) is 12.3. The second-order valence-corrected chi connectivity index (χ2v) is 28.3. The highest BCUT2D eigenvalue weighted by Gasteiger charge is 2.32. The Morgan fingerprint density at radius 1 is 0.248 bits per heavy atom. The Morgan fingerprint density at radius 3 is 0.706 bits per heavy atom. The number of carboxylic acid groups (broad SMARTS) is 2. The lowest BCUT2D eigenvalue weighted by Gasteiger charge is -2.28. The van der Waals surface area contributed by atoms with Gasteiger partial charge < -0.3 is 57.6 Å². The Labute approximate surface area is 636 Å². The average molecular weight is 1480 g/mol. The second kappa shape index (κ2) is 34.8. The molecule has 0 heterocycles. The normalized spacial score (nSPS) is 11.4. The maximum absolute atomic E-state index is 12.8. The van der Waals surface area contributed by atoms with Gasteiger partial charge in [-0.15, -0.1) is 0 Å². The number of esters is 5. The molecule has 10 rings (SSSR count). The van der Waals surface area contributed by atoms with Gasteiger partial charge in [0.1, 0.15) is 79.7 Å². The zero-order chi connectivity index (χ0) is 79.9. The number of methoxy groups -OCH3 is 5. The van der Waals surface area contributed by atoms with E-state index in [1.165, 1.54) is 47.1 Å². The largest absolute Gasteiger partial charge is 0.497 e. The minimum absolute atomic E-state index is 0.0157. The quantitative estimate of drug-likeness (QED) is 0.0421. The van der Waals surface area contributed by atoms with E-state index in [-0.39, 0.29) is 56.2 Å². The van der Waals surface area contributed by atoms with Crippen molar-refractivity contribution in [2.75, 3.05) is 35.5 Å². The van der Waals surface area contributed by atoms with Crippen LogP contribution in [0, 0.1) is 0 Å². The second-order valence-electron chi connectivity index (χ2n) is 28.3. The van der Waals surface area contributed by atoms with Crippen LogP contribution in [0.1, 0.15) is 187 Å². The fourth-order valence-corrected chi connectivity index (χ4v) is 12.3. The van der Waals surface area contributed by atoms with Crippen molar-refractivity contribution in [3.63, 3.8) is 0 Å². The molecule has 0 unspecified atom stereocenters. The van der Waals surface area contributed by atoms with E-state index in [1.807, 2.05) is 173 Å². The van der Waals surface area contributed by atoms with Crippen molar-refractivity contribution in [1.82, 2.24) is 0 Å². The van der Waals surface area contributed by atoms with Gasteiger partial charge in [-0.2, -0.15) is 0 Å². The number of rotatable bonds is 24. The molecule has 0 aromatic heterocycles. The maximum atomic E-state index is 12.8. The third kappa shape index (κ3) is 19.8. The van der Waals surface area contributed by atoms with Crippen LogP contribution in [0.3, 0.4) is 0 Å². The van der Waals surface area contributed by atoms with Crippen LogP contribution in [-0.4, -0.2) is 87.5 Å². The molecule has 0 fully saturated rings. The molecule has 0 bridgehead atoms. The van der Waals surface area contributed by atoms with Crippen LogP contribution in [0.5, 0.6) is 57.5 Å². The third-order valence-corrected chi connectivity index (χ3v) is 19.5. The highest BCUT2D eigenvalue weighted by Crippen LogP contribution is 2.43. The molecule has 10 aromatic carbocycles. The monoisotopic (exact) mass is 1480 g/mol. The van der Waals surface area contributed by atoms with Crippen LogP contribution in [0.2, 0.25) is 0 Å². The van der Waals surface area contributed by atoms with E-state index in [1.54, 1.807) is 82.0 Å². The van der Waals surface area contributed by atoms with Gasteiger partial charge in [-0.25, -0.2) is 19.2 Å². The topological polar surface area (TPSA) is 252 Å². The van der Waals surface area contributed by atoms with Gasteiger partial charge in [-0.3, -0.25) is 14.4 Å². The smallest absolute Gasteiger partial charge is 0.341 e. The number of hydrogen-bond acceptors (Lipinski definition) is 17. The first-order valence-electron chi connectivity index (χ1n) is 34.9. The Morgan fingerprint density at radius 2 is 0.459 bits per heavy atom. The summed E-state index contributed by atoms with van der Waals surface area (Å²) in [5.74, 6) is -0.247. The zero-order valence-electron chi connectivity index (χ0n) is 64.6. The van der Waals surface area contributed by atoms with Crippen LogP contribution in [0.15, 0.2) is 218 Å². The minimum atomic E-state index is -1.22. The van der Waals surface area contributed by atoms with Gasteiger partial charge >= 0.3 is 41.8 Å². The van der Waals surface area contributed by atoms with Crippen molar-refractivity contribution in [2.45, 2.75) is 117 Å². The first kappa shape index (κ1) is 82.1. The van der Waals surface area contributed by atoms with Crippen LogP contribution >= 0.6 is 0 Å². The van der Waals surface area contributed by atoms with Crippen LogP contribution in [0.4, 0.5) is 0 Å². The van der Waals surface area contributed by atoms with Gasteiger partial charge in [0.25, 0.3) is 0 Å².